The van der Waals surface area contributed by atoms with Gasteiger partial charge in [-0.3, -0.25) is 9.78 Å². The second-order valence-corrected chi connectivity index (χ2v) is 4.07. The summed E-state index contributed by atoms with van der Waals surface area (Å²) in [5.41, 5.74) is 6.26. The van der Waals surface area contributed by atoms with Gasteiger partial charge in [0, 0.05) is 30.8 Å². The maximum Gasteiger partial charge on any atom is 0.144 e. The van der Waals surface area contributed by atoms with Crippen molar-refractivity contribution in [3.05, 3.63) is 30.1 Å². The van der Waals surface area contributed by atoms with Crippen molar-refractivity contribution < 1.29 is 4.79 Å². The summed E-state index contributed by atoms with van der Waals surface area (Å²) in [5, 5.41) is 0. The van der Waals surface area contributed by atoms with Gasteiger partial charge >= 0.3 is 0 Å². The number of nitrogens with two attached hydrogens (primary N) is 1. The van der Waals surface area contributed by atoms with E-state index in [-0.39, 0.29) is 11.2 Å². The van der Waals surface area contributed by atoms with Crippen molar-refractivity contribution in [2.45, 2.75) is 26.7 Å². The molecule has 0 saturated carbocycles. The number of carbonyl (C=O) groups excluding carboxylic acids is 1. The molecule has 0 aliphatic carbocycles. The second-order valence-electron chi connectivity index (χ2n) is 4.07. The van der Waals surface area contributed by atoms with E-state index in [2.05, 4.69) is 4.98 Å². The third-order valence-corrected chi connectivity index (χ3v) is 3.02. The number of rotatable bonds is 5. The molecule has 1 heterocycles. The summed E-state index contributed by atoms with van der Waals surface area (Å²) in [5.74, 6) is 0.207. The lowest BCUT2D eigenvalue weighted by molar-refractivity contribution is -0.126. The molecular formula is C12H18N2O. The van der Waals surface area contributed by atoms with Crippen LogP contribution in [0.15, 0.2) is 24.5 Å². The van der Waals surface area contributed by atoms with E-state index in [9.17, 15) is 4.79 Å². The lowest BCUT2D eigenvalue weighted by Gasteiger charge is -2.24. The Hall–Kier alpha value is -1.22. The van der Waals surface area contributed by atoms with Crippen LogP contribution in [0.2, 0.25) is 0 Å². The lowest BCUT2D eigenvalue weighted by atomic mass is 9.80. The summed E-state index contributed by atoms with van der Waals surface area (Å²) >= 11 is 0. The molecule has 2 N–H and O–H groups in total. The molecule has 0 fully saturated rings. The Morgan fingerprint density at radius 2 is 2.07 bits per heavy atom. The second kappa shape index (κ2) is 5.03. The standard InChI is InChI=1S/C12H18N2O/c1-3-12(2,9-13)11(15)8-10-4-6-14-7-5-10/h4-7H,3,8-9,13H2,1-2H3. The third-order valence-electron chi connectivity index (χ3n) is 3.02. The Morgan fingerprint density at radius 1 is 1.47 bits per heavy atom. The highest BCUT2D eigenvalue weighted by Crippen LogP contribution is 2.22. The van der Waals surface area contributed by atoms with E-state index >= 15 is 0 Å². The summed E-state index contributed by atoms with van der Waals surface area (Å²) in [6.07, 6.45) is 4.64. The molecular weight excluding hydrogens is 188 g/mol. The summed E-state index contributed by atoms with van der Waals surface area (Å²) in [4.78, 5) is 15.9. The van der Waals surface area contributed by atoms with E-state index in [0.29, 0.717) is 13.0 Å². The molecule has 0 spiro atoms. The number of hydrogen-bond acceptors (Lipinski definition) is 3. The number of pyridine rings is 1. The Morgan fingerprint density at radius 3 is 2.53 bits per heavy atom. The SMILES string of the molecule is CCC(C)(CN)C(=O)Cc1ccncc1. The number of aromatic nitrogens is 1. The molecule has 1 aromatic rings. The van der Waals surface area contributed by atoms with Crippen LogP contribution < -0.4 is 5.73 Å². The average Bonchev–Trinajstić information content (AvgIpc) is 2.29. The zero-order valence-corrected chi connectivity index (χ0v) is 9.36. The van der Waals surface area contributed by atoms with Crippen LogP contribution in [0.25, 0.3) is 0 Å². The van der Waals surface area contributed by atoms with E-state index < -0.39 is 0 Å². The van der Waals surface area contributed by atoms with Crippen LogP contribution in [0.5, 0.6) is 0 Å². The minimum Gasteiger partial charge on any atom is -0.329 e. The zero-order chi connectivity index (χ0) is 11.3. The highest BCUT2D eigenvalue weighted by Gasteiger charge is 2.28. The quantitative estimate of drug-likeness (QED) is 0.795. The maximum absolute atomic E-state index is 12.0. The van der Waals surface area contributed by atoms with Gasteiger partial charge in [-0.05, 0) is 24.1 Å². The topological polar surface area (TPSA) is 56.0 Å². The number of ketones is 1. The van der Waals surface area contributed by atoms with Gasteiger partial charge in [0.1, 0.15) is 5.78 Å². The molecule has 0 aliphatic rings. The van der Waals surface area contributed by atoms with Crippen molar-refractivity contribution in [2.24, 2.45) is 11.1 Å². The molecule has 15 heavy (non-hydrogen) atoms. The first kappa shape index (κ1) is 11.9. The monoisotopic (exact) mass is 206 g/mol. The fraction of sp³-hybridized carbons (Fsp3) is 0.500. The van der Waals surface area contributed by atoms with Crippen LogP contribution in [0.4, 0.5) is 0 Å². The molecule has 1 unspecified atom stereocenters. The van der Waals surface area contributed by atoms with Gasteiger partial charge in [-0.2, -0.15) is 0 Å². The molecule has 1 aromatic heterocycles. The van der Waals surface area contributed by atoms with Gasteiger partial charge in [0.25, 0.3) is 0 Å². The van der Waals surface area contributed by atoms with Gasteiger partial charge in [0.05, 0.1) is 0 Å². The Bertz CT molecular complexity index is 318. The highest BCUT2D eigenvalue weighted by molar-refractivity contribution is 5.86. The molecule has 3 nitrogen and oxygen atoms in total. The van der Waals surface area contributed by atoms with Crippen molar-refractivity contribution in [3.8, 4) is 0 Å². The first-order valence-electron chi connectivity index (χ1n) is 5.24. The fourth-order valence-corrected chi connectivity index (χ4v) is 1.35. The Balaban J connectivity index is 2.71. The minimum absolute atomic E-state index is 0.207. The molecule has 82 valence electrons. The third kappa shape index (κ3) is 2.86. The molecule has 0 bridgehead atoms. The van der Waals surface area contributed by atoms with Crippen molar-refractivity contribution >= 4 is 5.78 Å². The van der Waals surface area contributed by atoms with Gasteiger partial charge in [-0.15, -0.1) is 0 Å². The van der Waals surface area contributed by atoms with Crippen molar-refractivity contribution in [3.63, 3.8) is 0 Å². The largest absolute Gasteiger partial charge is 0.329 e. The van der Waals surface area contributed by atoms with Gasteiger partial charge in [0.2, 0.25) is 0 Å². The van der Waals surface area contributed by atoms with Crippen LogP contribution in [0.1, 0.15) is 25.8 Å². The van der Waals surface area contributed by atoms with E-state index in [1.165, 1.54) is 0 Å². The molecule has 0 saturated heterocycles. The van der Waals surface area contributed by atoms with E-state index in [1.54, 1.807) is 12.4 Å². The average molecular weight is 206 g/mol. The number of Topliss-reactive ketones (excluding diaryl/α,β-unsaturated/α-hetero) is 1. The molecule has 0 amide bonds. The maximum atomic E-state index is 12.0. The van der Waals surface area contributed by atoms with Crippen molar-refractivity contribution in [2.75, 3.05) is 6.54 Å². The molecule has 0 radical (unpaired) electrons. The van der Waals surface area contributed by atoms with E-state index in [4.69, 9.17) is 5.73 Å². The fourth-order valence-electron chi connectivity index (χ4n) is 1.35. The Labute approximate surface area is 90.7 Å². The first-order chi connectivity index (χ1) is 7.12. The molecule has 3 heteroatoms. The zero-order valence-electron chi connectivity index (χ0n) is 9.36. The van der Waals surface area contributed by atoms with Crippen molar-refractivity contribution in [1.82, 2.24) is 4.98 Å². The van der Waals surface area contributed by atoms with Gasteiger partial charge in [0.15, 0.2) is 0 Å². The number of carbonyl (C=O) groups is 1. The Kier molecular flexibility index (Phi) is 3.97. The summed E-state index contributed by atoms with van der Waals surface area (Å²) in [6.45, 7) is 4.33. The van der Waals surface area contributed by atoms with Crippen LogP contribution in [-0.4, -0.2) is 17.3 Å². The first-order valence-corrected chi connectivity index (χ1v) is 5.24. The van der Waals surface area contributed by atoms with E-state index in [1.807, 2.05) is 26.0 Å². The predicted molar refractivity (Wildman–Crippen MR) is 60.4 cm³/mol. The van der Waals surface area contributed by atoms with Gasteiger partial charge in [-0.1, -0.05) is 13.8 Å². The van der Waals surface area contributed by atoms with Gasteiger partial charge in [-0.25, -0.2) is 0 Å². The molecule has 0 aromatic carbocycles. The highest BCUT2D eigenvalue weighted by atomic mass is 16.1. The predicted octanol–water partition coefficient (Wildman–Crippen LogP) is 1.57. The summed E-state index contributed by atoms with van der Waals surface area (Å²) in [7, 11) is 0. The van der Waals surface area contributed by atoms with Gasteiger partial charge < -0.3 is 5.73 Å². The number of hydrogen-bond donors (Lipinski definition) is 1. The van der Waals surface area contributed by atoms with Crippen LogP contribution in [0.3, 0.4) is 0 Å². The van der Waals surface area contributed by atoms with Crippen LogP contribution >= 0.6 is 0 Å². The molecule has 0 aliphatic heterocycles. The van der Waals surface area contributed by atoms with Crippen LogP contribution in [0, 0.1) is 5.41 Å². The number of nitrogens with zero attached hydrogens (tertiary/aromatic N) is 1. The minimum atomic E-state index is -0.386. The smallest absolute Gasteiger partial charge is 0.144 e. The van der Waals surface area contributed by atoms with Crippen LogP contribution in [-0.2, 0) is 11.2 Å². The lowest BCUT2D eigenvalue weighted by Crippen LogP contribution is -2.36. The van der Waals surface area contributed by atoms with E-state index in [0.717, 1.165) is 12.0 Å². The molecule has 1 rings (SSSR count). The summed E-state index contributed by atoms with van der Waals surface area (Å²) in [6, 6.07) is 3.73. The molecule has 1 atom stereocenters. The normalized spacial score (nSPS) is 14.6. The van der Waals surface area contributed by atoms with Crippen molar-refractivity contribution in [1.29, 1.82) is 0 Å². The summed E-state index contributed by atoms with van der Waals surface area (Å²) < 4.78 is 0.